The summed E-state index contributed by atoms with van der Waals surface area (Å²) in [6.07, 6.45) is 0. The summed E-state index contributed by atoms with van der Waals surface area (Å²) in [6, 6.07) is 2.91. The number of halogens is 2. The van der Waals surface area contributed by atoms with Gasteiger partial charge in [0.1, 0.15) is 0 Å². The van der Waals surface area contributed by atoms with Gasteiger partial charge in [-0.05, 0) is 25.5 Å². The zero-order chi connectivity index (χ0) is 12.7. The minimum atomic E-state index is -0.503. The third kappa shape index (κ3) is 1.94. The van der Waals surface area contributed by atoms with Crippen molar-refractivity contribution in [2.75, 3.05) is 0 Å². The Morgan fingerprint density at radius 1 is 1.24 bits per heavy atom. The van der Waals surface area contributed by atoms with E-state index >= 15 is 0 Å². The molecule has 0 unspecified atom stereocenters. The van der Waals surface area contributed by atoms with E-state index in [4.69, 9.17) is 23.2 Å². The van der Waals surface area contributed by atoms with E-state index in [1.807, 2.05) is 0 Å². The normalized spacial score (nSPS) is 10.8. The molecule has 0 amide bonds. The van der Waals surface area contributed by atoms with Crippen LogP contribution in [-0.4, -0.2) is 9.91 Å². The van der Waals surface area contributed by atoms with E-state index in [1.54, 1.807) is 19.9 Å². The number of hydrogen-bond donors (Lipinski definition) is 0. The summed E-state index contributed by atoms with van der Waals surface area (Å²) in [4.78, 5) is 14.7. The first-order valence-corrected chi connectivity index (χ1v) is 5.57. The fourth-order valence-electron chi connectivity index (χ4n) is 1.71. The molecule has 0 radical (unpaired) electrons. The van der Waals surface area contributed by atoms with Crippen LogP contribution in [0.1, 0.15) is 11.3 Å². The van der Waals surface area contributed by atoms with E-state index in [0.29, 0.717) is 32.2 Å². The SMILES string of the molecule is Cc1cc(Cl)c2c([N+](=O)[O-])cc(Cl)c(C)c2n1. The maximum atomic E-state index is 11.0. The van der Waals surface area contributed by atoms with Crippen LogP contribution in [0.25, 0.3) is 10.9 Å². The quantitative estimate of drug-likeness (QED) is 0.580. The van der Waals surface area contributed by atoms with E-state index in [9.17, 15) is 10.1 Å². The van der Waals surface area contributed by atoms with Gasteiger partial charge in [0.05, 0.1) is 25.9 Å². The molecule has 17 heavy (non-hydrogen) atoms. The van der Waals surface area contributed by atoms with Gasteiger partial charge >= 0.3 is 0 Å². The van der Waals surface area contributed by atoms with Crippen LogP contribution in [0.4, 0.5) is 5.69 Å². The Balaban J connectivity index is 3.04. The van der Waals surface area contributed by atoms with Crippen molar-refractivity contribution in [2.45, 2.75) is 13.8 Å². The lowest BCUT2D eigenvalue weighted by atomic mass is 10.1. The zero-order valence-electron chi connectivity index (χ0n) is 9.12. The lowest BCUT2D eigenvalue weighted by molar-refractivity contribution is -0.383. The molecule has 1 aromatic carbocycles. The molecule has 0 aliphatic rings. The standard InChI is InChI=1S/C11H8Cl2N2O2/c1-5-3-8(13)10-9(15(16)17)4-7(12)6(2)11(10)14-5/h3-4H,1-2H3. The molecule has 0 saturated carbocycles. The van der Waals surface area contributed by atoms with Crippen molar-refractivity contribution in [1.29, 1.82) is 0 Å². The van der Waals surface area contributed by atoms with E-state index in [2.05, 4.69) is 4.98 Å². The second-order valence-corrected chi connectivity index (χ2v) is 4.54. The number of nitro groups is 1. The molecule has 0 spiro atoms. The second kappa shape index (κ2) is 4.13. The van der Waals surface area contributed by atoms with Gasteiger partial charge in [0.15, 0.2) is 0 Å². The molecule has 2 rings (SSSR count). The maximum Gasteiger partial charge on any atom is 0.281 e. The van der Waals surface area contributed by atoms with E-state index in [-0.39, 0.29) is 5.69 Å². The highest BCUT2D eigenvalue weighted by Gasteiger charge is 2.20. The van der Waals surface area contributed by atoms with Crippen LogP contribution < -0.4 is 0 Å². The molecule has 6 heteroatoms. The number of pyridine rings is 1. The number of rotatable bonds is 1. The van der Waals surface area contributed by atoms with Crippen molar-refractivity contribution in [3.8, 4) is 0 Å². The molecule has 0 atom stereocenters. The Bertz CT molecular complexity index is 641. The predicted octanol–water partition coefficient (Wildman–Crippen LogP) is 4.07. The van der Waals surface area contributed by atoms with Crippen LogP contribution >= 0.6 is 23.2 Å². The molecule has 0 aliphatic carbocycles. The van der Waals surface area contributed by atoms with Gasteiger partial charge in [-0.25, -0.2) is 0 Å². The largest absolute Gasteiger partial charge is 0.281 e. The molecule has 2 aromatic rings. The van der Waals surface area contributed by atoms with Gasteiger partial charge < -0.3 is 0 Å². The zero-order valence-corrected chi connectivity index (χ0v) is 10.6. The minimum Gasteiger partial charge on any atom is -0.258 e. The number of nitro benzene ring substituents is 1. The van der Waals surface area contributed by atoms with Gasteiger partial charge in [0, 0.05) is 11.8 Å². The average molecular weight is 271 g/mol. The van der Waals surface area contributed by atoms with Crippen LogP contribution in [0.3, 0.4) is 0 Å². The van der Waals surface area contributed by atoms with Crippen LogP contribution in [-0.2, 0) is 0 Å². The summed E-state index contributed by atoms with van der Waals surface area (Å²) in [5.74, 6) is 0. The Morgan fingerprint density at radius 3 is 2.47 bits per heavy atom. The molecule has 1 heterocycles. The van der Waals surface area contributed by atoms with Gasteiger partial charge in [0.25, 0.3) is 5.69 Å². The Labute approximate surface area is 107 Å². The van der Waals surface area contributed by atoms with E-state index in [1.165, 1.54) is 6.07 Å². The maximum absolute atomic E-state index is 11.0. The fraction of sp³-hybridized carbons (Fsp3) is 0.182. The van der Waals surface area contributed by atoms with Gasteiger partial charge in [-0.2, -0.15) is 0 Å². The number of fused-ring (bicyclic) bond motifs is 1. The first-order chi connectivity index (χ1) is 7.91. The molecule has 0 aliphatic heterocycles. The van der Waals surface area contributed by atoms with Crippen molar-refractivity contribution in [2.24, 2.45) is 0 Å². The van der Waals surface area contributed by atoms with Crippen molar-refractivity contribution >= 4 is 39.8 Å². The van der Waals surface area contributed by atoms with Crippen LogP contribution in [0.5, 0.6) is 0 Å². The number of hydrogen-bond acceptors (Lipinski definition) is 3. The lowest BCUT2D eigenvalue weighted by Gasteiger charge is -2.07. The van der Waals surface area contributed by atoms with Gasteiger partial charge in [0.2, 0.25) is 0 Å². The topological polar surface area (TPSA) is 56.0 Å². The molecule has 88 valence electrons. The summed E-state index contributed by atoms with van der Waals surface area (Å²) in [5.41, 5.74) is 1.75. The number of benzene rings is 1. The molecule has 4 nitrogen and oxygen atoms in total. The number of nitrogens with zero attached hydrogens (tertiary/aromatic N) is 2. The first-order valence-electron chi connectivity index (χ1n) is 4.82. The van der Waals surface area contributed by atoms with Gasteiger partial charge in [-0.1, -0.05) is 23.2 Å². The summed E-state index contributed by atoms with van der Waals surface area (Å²) < 4.78 is 0. The molecule has 0 fully saturated rings. The molecule has 0 bridgehead atoms. The molecule has 0 saturated heterocycles. The third-order valence-electron chi connectivity index (χ3n) is 2.53. The fourth-order valence-corrected chi connectivity index (χ4v) is 2.24. The molecule has 1 aromatic heterocycles. The minimum absolute atomic E-state index is 0.117. The van der Waals surface area contributed by atoms with Gasteiger partial charge in [-0.3, -0.25) is 15.1 Å². The summed E-state index contributed by atoms with van der Waals surface area (Å²) in [6.45, 7) is 3.54. The van der Waals surface area contributed by atoms with Crippen molar-refractivity contribution < 1.29 is 4.92 Å². The van der Waals surface area contributed by atoms with Crippen molar-refractivity contribution in [3.63, 3.8) is 0 Å². The van der Waals surface area contributed by atoms with Crippen LogP contribution in [0.2, 0.25) is 10.0 Å². The average Bonchev–Trinajstić information content (AvgIpc) is 2.23. The smallest absolute Gasteiger partial charge is 0.258 e. The summed E-state index contributed by atoms with van der Waals surface area (Å²) in [7, 11) is 0. The highest BCUT2D eigenvalue weighted by Crippen LogP contribution is 2.36. The highest BCUT2D eigenvalue weighted by atomic mass is 35.5. The lowest BCUT2D eigenvalue weighted by Crippen LogP contribution is -1.95. The summed E-state index contributed by atoms with van der Waals surface area (Å²) in [5, 5.41) is 11.9. The van der Waals surface area contributed by atoms with Crippen LogP contribution in [0, 0.1) is 24.0 Å². The summed E-state index contributed by atoms with van der Waals surface area (Å²) >= 11 is 12.0. The first kappa shape index (κ1) is 12.1. The van der Waals surface area contributed by atoms with Crippen LogP contribution in [0.15, 0.2) is 12.1 Å². The molecule has 0 N–H and O–H groups in total. The molecular weight excluding hydrogens is 263 g/mol. The predicted molar refractivity (Wildman–Crippen MR) is 67.9 cm³/mol. The third-order valence-corrected chi connectivity index (χ3v) is 3.22. The Hall–Kier alpha value is -1.39. The number of non-ortho nitro benzene ring substituents is 1. The molecular formula is C11H8Cl2N2O2. The van der Waals surface area contributed by atoms with Gasteiger partial charge in [-0.15, -0.1) is 0 Å². The monoisotopic (exact) mass is 270 g/mol. The Morgan fingerprint density at radius 2 is 1.88 bits per heavy atom. The van der Waals surface area contributed by atoms with Crippen molar-refractivity contribution in [1.82, 2.24) is 4.98 Å². The number of aromatic nitrogens is 1. The van der Waals surface area contributed by atoms with E-state index < -0.39 is 4.92 Å². The van der Waals surface area contributed by atoms with E-state index in [0.717, 1.165) is 0 Å². The number of aryl methyl sites for hydroxylation is 2. The highest BCUT2D eigenvalue weighted by molar-refractivity contribution is 6.37. The second-order valence-electron chi connectivity index (χ2n) is 3.73. The Kier molecular flexibility index (Phi) is 2.93. The van der Waals surface area contributed by atoms with Crippen molar-refractivity contribution in [3.05, 3.63) is 43.5 Å².